The summed E-state index contributed by atoms with van der Waals surface area (Å²) in [5, 5.41) is 1.19. The molecular weight excluding hydrogens is 429 g/mol. The first kappa shape index (κ1) is 21.9. The number of nitrogens with zero attached hydrogens (tertiary/aromatic N) is 3. The van der Waals surface area contributed by atoms with Crippen LogP contribution in [0.3, 0.4) is 0 Å². The molecule has 0 atom stereocenters. The molecule has 3 aromatic carbocycles. The van der Waals surface area contributed by atoms with Crippen molar-refractivity contribution in [1.29, 1.82) is 0 Å². The van der Waals surface area contributed by atoms with Gasteiger partial charge in [0.1, 0.15) is 5.82 Å². The third-order valence-electron chi connectivity index (χ3n) is 6.68. The molecule has 4 aromatic rings. The van der Waals surface area contributed by atoms with E-state index in [0.29, 0.717) is 42.5 Å². The average molecular weight is 456 g/mol. The Labute approximate surface area is 197 Å². The van der Waals surface area contributed by atoms with Gasteiger partial charge in [-0.25, -0.2) is 4.39 Å². The number of carbonyl (C=O) groups excluding carboxylic acids is 1. The van der Waals surface area contributed by atoms with Gasteiger partial charge in [-0.1, -0.05) is 24.3 Å². The maximum Gasteiger partial charge on any atom is 0.262 e. The maximum atomic E-state index is 13.7. The molecule has 0 saturated carbocycles. The summed E-state index contributed by atoms with van der Waals surface area (Å²) in [5.74, 6) is -0.351. The van der Waals surface area contributed by atoms with Crippen LogP contribution < -0.4 is 10.5 Å². The molecule has 1 saturated heterocycles. The SMILES string of the molecule is Cc1ccc(-n2cc(C(=O)N3CCN(c4ccc(F)cc4)CC3)c3ccccc3c2=O)cc1C. The van der Waals surface area contributed by atoms with E-state index in [2.05, 4.69) is 4.90 Å². The van der Waals surface area contributed by atoms with Gasteiger partial charge in [-0.2, -0.15) is 0 Å². The van der Waals surface area contributed by atoms with Gasteiger partial charge in [-0.15, -0.1) is 0 Å². The average Bonchev–Trinajstić information content (AvgIpc) is 2.86. The second-order valence-corrected chi connectivity index (χ2v) is 8.79. The van der Waals surface area contributed by atoms with Gasteiger partial charge in [0.25, 0.3) is 11.5 Å². The molecule has 1 aromatic heterocycles. The van der Waals surface area contributed by atoms with Crippen molar-refractivity contribution in [1.82, 2.24) is 9.47 Å². The first-order chi connectivity index (χ1) is 16.4. The molecule has 0 unspecified atom stereocenters. The van der Waals surface area contributed by atoms with Gasteiger partial charge in [-0.3, -0.25) is 14.2 Å². The number of benzene rings is 3. The van der Waals surface area contributed by atoms with Crippen LogP contribution in [0.5, 0.6) is 0 Å². The van der Waals surface area contributed by atoms with Crippen LogP contribution in [0, 0.1) is 19.7 Å². The minimum atomic E-state index is -0.261. The third kappa shape index (κ3) is 3.96. The van der Waals surface area contributed by atoms with Crippen molar-refractivity contribution in [2.24, 2.45) is 0 Å². The van der Waals surface area contributed by atoms with Crippen molar-refractivity contribution in [3.05, 3.63) is 106 Å². The Hall–Kier alpha value is -3.93. The van der Waals surface area contributed by atoms with Gasteiger partial charge in [0.15, 0.2) is 0 Å². The van der Waals surface area contributed by atoms with Crippen LogP contribution in [0.25, 0.3) is 16.5 Å². The number of fused-ring (bicyclic) bond motifs is 1. The highest BCUT2D eigenvalue weighted by Crippen LogP contribution is 2.22. The van der Waals surface area contributed by atoms with Crippen molar-refractivity contribution in [2.45, 2.75) is 13.8 Å². The largest absolute Gasteiger partial charge is 0.368 e. The Morgan fingerprint density at radius 2 is 1.44 bits per heavy atom. The highest BCUT2D eigenvalue weighted by atomic mass is 19.1. The summed E-state index contributed by atoms with van der Waals surface area (Å²) in [6, 6.07) is 19.6. The van der Waals surface area contributed by atoms with Gasteiger partial charge in [0, 0.05) is 54.5 Å². The van der Waals surface area contributed by atoms with E-state index >= 15 is 0 Å². The zero-order valence-electron chi connectivity index (χ0n) is 19.3. The smallest absolute Gasteiger partial charge is 0.262 e. The van der Waals surface area contributed by atoms with Crippen LogP contribution in [0.4, 0.5) is 10.1 Å². The summed E-state index contributed by atoms with van der Waals surface area (Å²) in [4.78, 5) is 30.9. The Bertz CT molecular complexity index is 1430. The van der Waals surface area contributed by atoms with Gasteiger partial charge in [-0.05, 0) is 67.4 Å². The minimum Gasteiger partial charge on any atom is -0.368 e. The molecule has 34 heavy (non-hydrogen) atoms. The lowest BCUT2D eigenvalue weighted by atomic mass is 10.0. The molecule has 1 fully saturated rings. The maximum absolute atomic E-state index is 13.7. The molecule has 0 bridgehead atoms. The molecule has 5 nitrogen and oxygen atoms in total. The number of hydrogen-bond acceptors (Lipinski definition) is 3. The monoisotopic (exact) mass is 455 g/mol. The number of halogens is 1. The van der Waals surface area contributed by atoms with Crippen molar-refractivity contribution >= 4 is 22.4 Å². The second-order valence-electron chi connectivity index (χ2n) is 8.79. The quantitative estimate of drug-likeness (QED) is 0.450. The topological polar surface area (TPSA) is 45.6 Å². The van der Waals surface area contributed by atoms with E-state index in [1.165, 1.54) is 12.1 Å². The summed E-state index contributed by atoms with van der Waals surface area (Å²) in [5.41, 5.74) is 4.30. The van der Waals surface area contributed by atoms with E-state index in [1.54, 1.807) is 29.0 Å². The number of amides is 1. The molecule has 172 valence electrons. The lowest BCUT2D eigenvalue weighted by Gasteiger charge is -2.36. The van der Waals surface area contributed by atoms with Crippen molar-refractivity contribution in [2.75, 3.05) is 31.1 Å². The Balaban J connectivity index is 1.49. The zero-order chi connectivity index (χ0) is 23.8. The molecule has 0 radical (unpaired) electrons. The number of carbonyl (C=O) groups is 1. The Morgan fingerprint density at radius 3 is 2.12 bits per heavy atom. The summed E-state index contributed by atoms with van der Waals surface area (Å²) in [7, 11) is 0. The van der Waals surface area contributed by atoms with E-state index in [-0.39, 0.29) is 17.3 Å². The molecule has 0 N–H and O–H groups in total. The van der Waals surface area contributed by atoms with Crippen LogP contribution in [-0.2, 0) is 0 Å². The second kappa shape index (κ2) is 8.78. The summed E-state index contributed by atoms with van der Waals surface area (Å²) >= 11 is 0. The number of hydrogen-bond donors (Lipinski definition) is 0. The fraction of sp³-hybridized carbons (Fsp3) is 0.214. The minimum absolute atomic E-state index is 0.0902. The zero-order valence-corrected chi connectivity index (χ0v) is 19.3. The van der Waals surface area contributed by atoms with Gasteiger partial charge in [0.2, 0.25) is 0 Å². The number of aryl methyl sites for hydroxylation is 2. The van der Waals surface area contributed by atoms with E-state index in [9.17, 15) is 14.0 Å². The fourth-order valence-corrected chi connectivity index (χ4v) is 4.52. The highest BCUT2D eigenvalue weighted by Gasteiger charge is 2.25. The lowest BCUT2D eigenvalue weighted by Crippen LogP contribution is -2.49. The molecule has 1 amide bonds. The van der Waals surface area contributed by atoms with Crippen LogP contribution in [0.2, 0.25) is 0 Å². The predicted molar refractivity (Wildman–Crippen MR) is 134 cm³/mol. The van der Waals surface area contributed by atoms with Crippen molar-refractivity contribution < 1.29 is 9.18 Å². The molecule has 0 aliphatic carbocycles. The van der Waals surface area contributed by atoms with E-state index in [1.807, 2.05) is 55.1 Å². The summed E-state index contributed by atoms with van der Waals surface area (Å²) in [6.45, 7) is 6.46. The molecule has 0 spiro atoms. The van der Waals surface area contributed by atoms with Gasteiger partial charge < -0.3 is 9.80 Å². The van der Waals surface area contributed by atoms with Crippen molar-refractivity contribution in [3.8, 4) is 5.69 Å². The van der Waals surface area contributed by atoms with Crippen LogP contribution in [0.15, 0.2) is 77.7 Å². The Kier molecular flexibility index (Phi) is 5.65. The first-order valence-corrected chi connectivity index (χ1v) is 11.4. The number of anilines is 1. The van der Waals surface area contributed by atoms with E-state index < -0.39 is 0 Å². The number of piperazine rings is 1. The van der Waals surface area contributed by atoms with Crippen molar-refractivity contribution in [3.63, 3.8) is 0 Å². The molecule has 2 heterocycles. The highest BCUT2D eigenvalue weighted by molar-refractivity contribution is 6.06. The molecule has 1 aliphatic rings. The first-order valence-electron chi connectivity index (χ1n) is 11.4. The van der Waals surface area contributed by atoms with Crippen LogP contribution in [-0.4, -0.2) is 41.6 Å². The predicted octanol–water partition coefficient (Wildman–Crippen LogP) is 4.71. The standard InChI is InChI=1S/C28H26FN3O2/c1-19-7-10-23(17-20(19)2)32-18-26(24-5-3-4-6-25(24)28(32)34)27(33)31-15-13-30(14-16-31)22-11-8-21(29)9-12-22/h3-12,17-18H,13-16H2,1-2H3. The van der Waals surface area contributed by atoms with E-state index in [4.69, 9.17) is 0 Å². The van der Waals surface area contributed by atoms with E-state index in [0.717, 1.165) is 22.5 Å². The van der Waals surface area contributed by atoms with Gasteiger partial charge in [0.05, 0.1) is 5.56 Å². The number of aromatic nitrogens is 1. The normalized spacial score (nSPS) is 14.0. The summed E-state index contributed by atoms with van der Waals surface area (Å²) in [6.07, 6.45) is 1.68. The van der Waals surface area contributed by atoms with Crippen LogP contribution in [0.1, 0.15) is 21.5 Å². The molecular formula is C28H26FN3O2. The lowest BCUT2D eigenvalue weighted by molar-refractivity contribution is 0.0748. The molecule has 6 heteroatoms. The fourth-order valence-electron chi connectivity index (χ4n) is 4.52. The molecule has 5 rings (SSSR count). The molecule has 1 aliphatic heterocycles. The summed E-state index contributed by atoms with van der Waals surface area (Å²) < 4.78 is 14.8. The van der Waals surface area contributed by atoms with Crippen LogP contribution >= 0.6 is 0 Å². The van der Waals surface area contributed by atoms with Gasteiger partial charge >= 0.3 is 0 Å². The number of pyridine rings is 1. The number of rotatable bonds is 3. The third-order valence-corrected chi connectivity index (χ3v) is 6.68. The Morgan fingerprint density at radius 1 is 0.794 bits per heavy atom.